The first-order chi connectivity index (χ1) is 13.1. The molecule has 1 fully saturated rings. The van der Waals surface area contributed by atoms with Gasteiger partial charge in [0, 0.05) is 23.8 Å². The fourth-order valence-corrected chi connectivity index (χ4v) is 4.73. The third-order valence-corrected chi connectivity index (χ3v) is 6.09. The lowest BCUT2D eigenvalue weighted by Crippen LogP contribution is -2.62. The summed E-state index contributed by atoms with van der Waals surface area (Å²) in [5, 5.41) is 10.7. The second-order valence-corrected chi connectivity index (χ2v) is 9.14. The van der Waals surface area contributed by atoms with Gasteiger partial charge in [-0.25, -0.2) is 9.19 Å². The number of nitro benzene ring substituents is 1. The van der Waals surface area contributed by atoms with Crippen LogP contribution in [0.2, 0.25) is 0 Å². The number of carbonyl (C=O) groups excluding carboxylic acids is 2. The summed E-state index contributed by atoms with van der Waals surface area (Å²) >= 11 is 2.37. The Kier molecular flexibility index (Phi) is 5.53. The SMILES string of the molecule is CC1=C(C(=O)OC(C)(C)C)N2C(=O)C(=NSc3ccccc3[N+](=O)[O-])[C@@H]2SC1. The molecule has 0 spiro atoms. The first kappa shape index (κ1) is 20.4. The summed E-state index contributed by atoms with van der Waals surface area (Å²) in [5.74, 6) is -0.351. The van der Waals surface area contributed by atoms with E-state index in [1.165, 1.54) is 22.7 Å². The Labute approximate surface area is 170 Å². The van der Waals surface area contributed by atoms with Gasteiger partial charge >= 0.3 is 5.97 Å². The molecule has 1 aromatic rings. The van der Waals surface area contributed by atoms with E-state index in [1.807, 2.05) is 0 Å². The summed E-state index contributed by atoms with van der Waals surface area (Å²) in [4.78, 5) is 37.6. The van der Waals surface area contributed by atoms with Crippen molar-refractivity contribution in [3.8, 4) is 0 Å². The average molecular weight is 422 g/mol. The van der Waals surface area contributed by atoms with Crippen molar-refractivity contribution in [3.05, 3.63) is 45.6 Å². The summed E-state index contributed by atoms with van der Waals surface area (Å²) in [6.07, 6.45) is 0. The largest absolute Gasteiger partial charge is 0.455 e. The van der Waals surface area contributed by atoms with E-state index in [1.54, 1.807) is 45.9 Å². The standard InChI is InChI=1S/C18H19N3O5S2/c1-10-9-27-16-13(19-28-12-8-6-5-7-11(12)21(24)25)15(22)20(16)14(10)17(23)26-18(2,3)4/h5-8,16H,9H2,1-4H3/t16-/m0/s1. The number of rotatable bonds is 4. The first-order valence-corrected chi connectivity index (χ1v) is 10.3. The lowest BCUT2D eigenvalue weighted by molar-refractivity contribution is -0.387. The lowest BCUT2D eigenvalue weighted by Gasteiger charge is -2.44. The number of hydrogen-bond donors (Lipinski definition) is 0. The number of thioether (sulfide) groups is 1. The van der Waals surface area contributed by atoms with E-state index in [0.29, 0.717) is 10.6 Å². The monoisotopic (exact) mass is 421 g/mol. The summed E-state index contributed by atoms with van der Waals surface area (Å²) < 4.78 is 9.68. The molecule has 28 heavy (non-hydrogen) atoms. The minimum Gasteiger partial charge on any atom is -0.455 e. The molecule has 1 saturated heterocycles. The number of ether oxygens (including phenoxy) is 1. The van der Waals surface area contributed by atoms with Crippen molar-refractivity contribution in [1.29, 1.82) is 0 Å². The molecule has 0 unspecified atom stereocenters. The van der Waals surface area contributed by atoms with Gasteiger partial charge in [0.05, 0.1) is 4.92 Å². The maximum absolute atomic E-state index is 12.7. The van der Waals surface area contributed by atoms with Crippen molar-refractivity contribution in [2.75, 3.05) is 5.75 Å². The molecule has 0 aromatic heterocycles. The highest BCUT2D eigenvalue weighted by Gasteiger charge is 2.51. The number of nitrogens with zero attached hydrogens (tertiary/aromatic N) is 3. The van der Waals surface area contributed by atoms with Crippen molar-refractivity contribution in [3.63, 3.8) is 0 Å². The molecular formula is C18H19N3O5S2. The first-order valence-electron chi connectivity index (χ1n) is 8.46. The summed E-state index contributed by atoms with van der Waals surface area (Å²) in [7, 11) is 0. The molecule has 1 amide bonds. The van der Waals surface area contributed by atoms with Crippen molar-refractivity contribution in [1.82, 2.24) is 4.90 Å². The minimum atomic E-state index is -0.669. The van der Waals surface area contributed by atoms with Crippen molar-refractivity contribution in [2.24, 2.45) is 4.40 Å². The number of carbonyl (C=O) groups is 2. The molecule has 2 heterocycles. The third kappa shape index (κ3) is 3.93. The van der Waals surface area contributed by atoms with Gasteiger partial charge in [0.2, 0.25) is 0 Å². The minimum absolute atomic E-state index is 0.0676. The van der Waals surface area contributed by atoms with E-state index in [-0.39, 0.29) is 23.0 Å². The summed E-state index contributed by atoms with van der Waals surface area (Å²) in [5.41, 5.74) is 0.577. The van der Waals surface area contributed by atoms with E-state index >= 15 is 0 Å². The molecule has 2 aliphatic rings. The van der Waals surface area contributed by atoms with Crippen LogP contribution >= 0.6 is 23.7 Å². The zero-order valence-corrected chi connectivity index (χ0v) is 17.4. The predicted molar refractivity (Wildman–Crippen MR) is 108 cm³/mol. The highest BCUT2D eigenvalue weighted by Crippen LogP contribution is 2.41. The molecule has 2 aliphatic heterocycles. The molecule has 10 heteroatoms. The fraction of sp³-hybridized carbons (Fsp3) is 0.389. The Hall–Kier alpha value is -2.33. The summed E-state index contributed by atoms with van der Waals surface area (Å²) in [6.45, 7) is 7.10. The number of β-lactam (4-membered cyclic amide) rings is 1. The highest BCUT2D eigenvalue weighted by atomic mass is 32.2. The third-order valence-electron chi connectivity index (χ3n) is 3.91. The van der Waals surface area contributed by atoms with Gasteiger partial charge < -0.3 is 4.74 Å². The van der Waals surface area contributed by atoms with E-state index in [9.17, 15) is 19.7 Å². The molecule has 1 atom stereocenters. The highest BCUT2D eigenvalue weighted by molar-refractivity contribution is 8.01. The van der Waals surface area contributed by atoms with Crippen LogP contribution in [0.1, 0.15) is 27.7 Å². The summed E-state index contributed by atoms with van der Waals surface area (Å²) in [6, 6.07) is 6.22. The Balaban J connectivity index is 1.81. The van der Waals surface area contributed by atoms with Crippen molar-refractivity contribution >= 4 is 47.0 Å². The van der Waals surface area contributed by atoms with Gasteiger partial charge in [-0.2, -0.15) is 0 Å². The van der Waals surface area contributed by atoms with Crippen LogP contribution < -0.4 is 0 Å². The topological polar surface area (TPSA) is 102 Å². The second-order valence-electron chi connectivity index (χ2n) is 7.26. The zero-order valence-electron chi connectivity index (χ0n) is 15.8. The van der Waals surface area contributed by atoms with Crippen LogP contribution in [0.4, 0.5) is 5.69 Å². The molecule has 148 valence electrons. The van der Waals surface area contributed by atoms with Crippen LogP contribution in [0.25, 0.3) is 0 Å². The Morgan fingerprint density at radius 2 is 2.07 bits per heavy atom. The molecule has 0 saturated carbocycles. The molecule has 1 aromatic carbocycles. The predicted octanol–water partition coefficient (Wildman–Crippen LogP) is 3.57. The van der Waals surface area contributed by atoms with Crippen LogP contribution in [0.5, 0.6) is 0 Å². The van der Waals surface area contributed by atoms with Crippen LogP contribution in [-0.2, 0) is 14.3 Å². The molecule has 0 N–H and O–H groups in total. The number of para-hydroxylation sites is 1. The molecule has 3 rings (SSSR count). The maximum Gasteiger partial charge on any atom is 0.355 e. The van der Waals surface area contributed by atoms with Gasteiger partial charge in [-0.1, -0.05) is 12.1 Å². The van der Waals surface area contributed by atoms with Gasteiger partial charge in [-0.05, 0) is 39.3 Å². The Morgan fingerprint density at radius 3 is 2.71 bits per heavy atom. The zero-order chi connectivity index (χ0) is 20.6. The van der Waals surface area contributed by atoms with Gasteiger partial charge in [0.1, 0.15) is 27.3 Å². The Morgan fingerprint density at radius 1 is 1.39 bits per heavy atom. The number of nitro groups is 1. The molecule has 8 nitrogen and oxygen atoms in total. The maximum atomic E-state index is 12.7. The number of fused-ring (bicyclic) bond motifs is 1. The van der Waals surface area contributed by atoms with Crippen LogP contribution in [0, 0.1) is 10.1 Å². The van der Waals surface area contributed by atoms with E-state index in [4.69, 9.17) is 4.74 Å². The van der Waals surface area contributed by atoms with Gasteiger partial charge in [0.15, 0.2) is 0 Å². The molecule has 0 aliphatic carbocycles. The number of amides is 1. The van der Waals surface area contributed by atoms with Crippen LogP contribution in [0.15, 0.2) is 44.8 Å². The fourth-order valence-electron chi connectivity index (χ4n) is 2.71. The van der Waals surface area contributed by atoms with Crippen LogP contribution in [-0.4, -0.2) is 44.1 Å². The van der Waals surface area contributed by atoms with Gasteiger partial charge in [-0.15, -0.1) is 11.8 Å². The smallest absolute Gasteiger partial charge is 0.355 e. The van der Waals surface area contributed by atoms with Gasteiger partial charge in [0.25, 0.3) is 11.6 Å². The quantitative estimate of drug-likeness (QED) is 0.241. The second kappa shape index (κ2) is 7.59. The van der Waals surface area contributed by atoms with E-state index < -0.39 is 21.9 Å². The average Bonchev–Trinajstić information content (AvgIpc) is 2.60. The normalized spacial score (nSPS) is 20.7. The molecule has 0 radical (unpaired) electrons. The van der Waals surface area contributed by atoms with E-state index in [0.717, 1.165) is 17.5 Å². The lowest BCUT2D eigenvalue weighted by atomic mass is 10.1. The van der Waals surface area contributed by atoms with Crippen LogP contribution in [0.3, 0.4) is 0 Å². The number of benzene rings is 1. The van der Waals surface area contributed by atoms with Gasteiger partial charge in [-0.3, -0.25) is 19.8 Å². The molecule has 0 bridgehead atoms. The van der Waals surface area contributed by atoms with E-state index in [2.05, 4.69) is 4.40 Å². The van der Waals surface area contributed by atoms with Crippen molar-refractivity contribution < 1.29 is 19.2 Å². The molecular weight excluding hydrogens is 402 g/mol. The Bertz CT molecular complexity index is 920. The number of hydrogen-bond acceptors (Lipinski definition) is 8. The number of esters is 1. The van der Waals surface area contributed by atoms with Crippen molar-refractivity contribution in [2.45, 2.75) is 43.6 Å².